The minimum absolute atomic E-state index is 0.157. The molecule has 0 aromatic heterocycles. The van der Waals surface area contributed by atoms with Gasteiger partial charge in [0.15, 0.2) is 0 Å². The van der Waals surface area contributed by atoms with Crippen LogP contribution in [0.3, 0.4) is 0 Å². The molecule has 0 heterocycles. The van der Waals surface area contributed by atoms with E-state index >= 15 is 0 Å². The Morgan fingerprint density at radius 2 is 1.73 bits per heavy atom. The fraction of sp³-hybridized carbons (Fsp3) is 1.00. The van der Waals surface area contributed by atoms with Crippen LogP contribution in [0.25, 0.3) is 0 Å². The standard InChI is InChI=1S/C12H27NO2/c1-12(2,3)13-11(10-15-5)8-6-7-9-14-4/h11,13H,6-10H2,1-5H3. The van der Waals surface area contributed by atoms with Crippen LogP contribution in [0.4, 0.5) is 0 Å². The zero-order chi connectivity index (χ0) is 11.7. The van der Waals surface area contributed by atoms with E-state index in [0.29, 0.717) is 6.04 Å². The summed E-state index contributed by atoms with van der Waals surface area (Å²) in [7, 11) is 3.51. The molecule has 0 aromatic carbocycles. The molecule has 15 heavy (non-hydrogen) atoms. The fourth-order valence-corrected chi connectivity index (χ4v) is 1.65. The average Bonchev–Trinajstić information content (AvgIpc) is 2.10. The van der Waals surface area contributed by atoms with E-state index in [0.717, 1.165) is 26.1 Å². The first-order valence-corrected chi connectivity index (χ1v) is 5.75. The van der Waals surface area contributed by atoms with Crippen molar-refractivity contribution in [3.63, 3.8) is 0 Å². The summed E-state index contributed by atoms with van der Waals surface area (Å²) in [6.07, 6.45) is 3.46. The normalized spacial score (nSPS) is 14.2. The average molecular weight is 217 g/mol. The summed E-state index contributed by atoms with van der Waals surface area (Å²) in [5.41, 5.74) is 0.157. The molecule has 0 spiro atoms. The summed E-state index contributed by atoms with van der Waals surface area (Å²) in [4.78, 5) is 0. The van der Waals surface area contributed by atoms with Crippen LogP contribution in [0.5, 0.6) is 0 Å². The predicted molar refractivity (Wildman–Crippen MR) is 64.3 cm³/mol. The fourth-order valence-electron chi connectivity index (χ4n) is 1.65. The number of unbranched alkanes of at least 4 members (excludes halogenated alkanes) is 1. The quantitative estimate of drug-likeness (QED) is 0.632. The smallest absolute Gasteiger partial charge is 0.0616 e. The van der Waals surface area contributed by atoms with Gasteiger partial charge in [0.05, 0.1) is 6.61 Å². The number of nitrogens with one attached hydrogen (secondary N) is 1. The van der Waals surface area contributed by atoms with Crippen molar-refractivity contribution in [3.05, 3.63) is 0 Å². The zero-order valence-corrected chi connectivity index (χ0v) is 10.9. The van der Waals surface area contributed by atoms with Gasteiger partial charge in [-0.25, -0.2) is 0 Å². The second kappa shape index (κ2) is 8.08. The van der Waals surface area contributed by atoms with E-state index in [-0.39, 0.29) is 5.54 Å². The van der Waals surface area contributed by atoms with Gasteiger partial charge in [0.25, 0.3) is 0 Å². The minimum atomic E-state index is 0.157. The topological polar surface area (TPSA) is 30.5 Å². The third-order valence-corrected chi connectivity index (χ3v) is 2.16. The van der Waals surface area contributed by atoms with Crippen LogP contribution in [-0.2, 0) is 9.47 Å². The first kappa shape index (κ1) is 14.9. The third kappa shape index (κ3) is 10.2. The Bertz CT molecular complexity index is 143. The molecule has 0 fully saturated rings. The van der Waals surface area contributed by atoms with Crippen LogP contribution < -0.4 is 5.32 Å². The minimum Gasteiger partial charge on any atom is -0.385 e. The molecule has 0 aliphatic carbocycles. The molecule has 0 saturated carbocycles. The molecule has 3 heteroatoms. The Hall–Kier alpha value is -0.120. The highest BCUT2D eigenvalue weighted by atomic mass is 16.5. The molecule has 0 aromatic rings. The number of ether oxygens (including phenoxy) is 2. The van der Waals surface area contributed by atoms with E-state index in [1.165, 1.54) is 6.42 Å². The maximum absolute atomic E-state index is 5.21. The third-order valence-electron chi connectivity index (χ3n) is 2.16. The van der Waals surface area contributed by atoms with Crippen molar-refractivity contribution in [2.24, 2.45) is 0 Å². The van der Waals surface area contributed by atoms with Gasteiger partial charge >= 0.3 is 0 Å². The van der Waals surface area contributed by atoms with Crippen LogP contribution in [0.2, 0.25) is 0 Å². The van der Waals surface area contributed by atoms with Gasteiger partial charge in [0.2, 0.25) is 0 Å². The maximum Gasteiger partial charge on any atom is 0.0616 e. The second-order valence-corrected chi connectivity index (χ2v) is 5.04. The molecule has 0 rings (SSSR count). The van der Waals surface area contributed by atoms with Gasteiger partial charge < -0.3 is 14.8 Å². The van der Waals surface area contributed by atoms with Crippen LogP contribution in [0, 0.1) is 0 Å². The summed E-state index contributed by atoms with van der Waals surface area (Å²) >= 11 is 0. The van der Waals surface area contributed by atoms with Gasteiger partial charge in [-0.3, -0.25) is 0 Å². The first-order chi connectivity index (χ1) is 6.99. The highest BCUT2D eigenvalue weighted by Crippen LogP contribution is 2.07. The number of hydrogen-bond acceptors (Lipinski definition) is 3. The van der Waals surface area contributed by atoms with E-state index in [4.69, 9.17) is 9.47 Å². The molecular formula is C12H27NO2. The van der Waals surface area contributed by atoms with Crippen molar-refractivity contribution in [1.82, 2.24) is 5.32 Å². The van der Waals surface area contributed by atoms with Crippen molar-refractivity contribution in [2.45, 2.75) is 51.6 Å². The molecule has 0 amide bonds. The molecule has 92 valence electrons. The summed E-state index contributed by atoms with van der Waals surface area (Å²) in [5, 5.41) is 3.57. The van der Waals surface area contributed by atoms with Crippen LogP contribution in [0.1, 0.15) is 40.0 Å². The largest absolute Gasteiger partial charge is 0.385 e. The number of rotatable bonds is 8. The van der Waals surface area contributed by atoms with Gasteiger partial charge in [-0.2, -0.15) is 0 Å². The number of methoxy groups -OCH3 is 2. The van der Waals surface area contributed by atoms with Gasteiger partial charge in [0, 0.05) is 32.4 Å². The van der Waals surface area contributed by atoms with Crippen molar-refractivity contribution in [1.29, 1.82) is 0 Å². The molecule has 3 nitrogen and oxygen atoms in total. The predicted octanol–water partition coefficient (Wildman–Crippen LogP) is 2.21. The van der Waals surface area contributed by atoms with Gasteiger partial charge in [-0.1, -0.05) is 0 Å². The highest BCUT2D eigenvalue weighted by molar-refractivity contribution is 4.77. The lowest BCUT2D eigenvalue weighted by molar-refractivity contribution is 0.143. The lowest BCUT2D eigenvalue weighted by atomic mass is 10.0. The molecule has 0 radical (unpaired) electrons. The Kier molecular flexibility index (Phi) is 8.02. The van der Waals surface area contributed by atoms with Crippen LogP contribution in [0.15, 0.2) is 0 Å². The molecule has 0 saturated heterocycles. The Morgan fingerprint density at radius 1 is 1.07 bits per heavy atom. The van der Waals surface area contributed by atoms with E-state index in [2.05, 4.69) is 26.1 Å². The van der Waals surface area contributed by atoms with E-state index in [1.807, 2.05) is 0 Å². The summed E-state index contributed by atoms with van der Waals surface area (Å²) in [6, 6.07) is 0.451. The number of hydrogen-bond donors (Lipinski definition) is 1. The lowest BCUT2D eigenvalue weighted by Gasteiger charge is -2.28. The van der Waals surface area contributed by atoms with Crippen molar-refractivity contribution in [2.75, 3.05) is 27.4 Å². The van der Waals surface area contributed by atoms with Crippen LogP contribution in [-0.4, -0.2) is 39.0 Å². The maximum atomic E-state index is 5.21. The summed E-state index contributed by atoms with van der Waals surface area (Å²) < 4.78 is 10.2. The molecule has 0 aliphatic rings. The van der Waals surface area contributed by atoms with Crippen molar-refractivity contribution >= 4 is 0 Å². The second-order valence-electron chi connectivity index (χ2n) is 5.04. The van der Waals surface area contributed by atoms with Gasteiger partial charge in [0.1, 0.15) is 0 Å². The lowest BCUT2D eigenvalue weighted by Crippen LogP contribution is -2.45. The Balaban J connectivity index is 3.73. The van der Waals surface area contributed by atoms with E-state index in [1.54, 1.807) is 14.2 Å². The Labute approximate surface area is 94.5 Å². The molecule has 1 N–H and O–H groups in total. The SMILES string of the molecule is COCCCCC(COC)NC(C)(C)C. The first-order valence-electron chi connectivity index (χ1n) is 5.75. The van der Waals surface area contributed by atoms with Gasteiger partial charge in [-0.15, -0.1) is 0 Å². The van der Waals surface area contributed by atoms with Crippen molar-refractivity contribution in [3.8, 4) is 0 Å². The molecule has 0 bridgehead atoms. The van der Waals surface area contributed by atoms with Crippen molar-refractivity contribution < 1.29 is 9.47 Å². The Morgan fingerprint density at radius 3 is 2.20 bits per heavy atom. The molecule has 1 unspecified atom stereocenters. The van der Waals surface area contributed by atoms with E-state index < -0.39 is 0 Å². The van der Waals surface area contributed by atoms with E-state index in [9.17, 15) is 0 Å². The molecule has 0 aliphatic heterocycles. The van der Waals surface area contributed by atoms with Crippen LogP contribution >= 0.6 is 0 Å². The van der Waals surface area contributed by atoms with Gasteiger partial charge in [-0.05, 0) is 40.0 Å². The molecule has 1 atom stereocenters. The summed E-state index contributed by atoms with van der Waals surface area (Å²) in [6.45, 7) is 8.19. The zero-order valence-electron chi connectivity index (χ0n) is 10.9. The highest BCUT2D eigenvalue weighted by Gasteiger charge is 2.16. The monoisotopic (exact) mass is 217 g/mol. The summed E-state index contributed by atoms with van der Waals surface area (Å²) in [5.74, 6) is 0. The molecular weight excluding hydrogens is 190 g/mol.